The first-order valence-corrected chi connectivity index (χ1v) is 7.63. The maximum absolute atomic E-state index is 11.7. The van der Waals surface area contributed by atoms with Crippen LogP contribution in [0.5, 0.6) is 0 Å². The highest BCUT2D eigenvalue weighted by Crippen LogP contribution is 2.15. The minimum absolute atomic E-state index is 0. The molecule has 0 spiro atoms. The summed E-state index contributed by atoms with van der Waals surface area (Å²) in [5.41, 5.74) is 6.43. The van der Waals surface area contributed by atoms with Gasteiger partial charge in [-0.25, -0.2) is 4.99 Å². The summed E-state index contributed by atoms with van der Waals surface area (Å²) >= 11 is 3.35. The fourth-order valence-corrected chi connectivity index (χ4v) is 2.40. The van der Waals surface area contributed by atoms with Crippen LogP contribution in [-0.2, 0) is 9.53 Å². The predicted molar refractivity (Wildman–Crippen MR) is 102 cm³/mol. The summed E-state index contributed by atoms with van der Waals surface area (Å²) in [6.07, 6.45) is 2.30. The van der Waals surface area contributed by atoms with E-state index in [1.807, 2.05) is 24.3 Å². The zero-order chi connectivity index (χ0) is 15.1. The number of benzene rings is 1. The number of nitrogens with two attached hydrogens (primary N) is 1. The molecule has 0 aliphatic carbocycles. The Morgan fingerprint density at radius 2 is 2.32 bits per heavy atom. The number of carbonyl (C=O) groups excluding carboxylic acids is 1. The van der Waals surface area contributed by atoms with E-state index in [4.69, 9.17) is 10.5 Å². The number of hydrogen-bond acceptors (Lipinski definition) is 3. The number of ether oxygens (including phenoxy) is 1. The Balaban J connectivity index is 0.00000242. The quantitative estimate of drug-likeness (QED) is 0.340. The molecule has 0 saturated carbocycles. The molecule has 1 atom stereocenters. The molecule has 1 heterocycles. The number of rotatable bonds is 5. The van der Waals surface area contributed by atoms with E-state index in [1.165, 1.54) is 0 Å². The van der Waals surface area contributed by atoms with Gasteiger partial charge in [0.15, 0.2) is 5.96 Å². The third kappa shape index (κ3) is 6.93. The van der Waals surface area contributed by atoms with E-state index in [2.05, 4.69) is 31.6 Å². The summed E-state index contributed by atoms with van der Waals surface area (Å²) in [6.45, 7) is 1.41. The van der Waals surface area contributed by atoms with Gasteiger partial charge in [0.25, 0.3) is 0 Å². The summed E-state index contributed by atoms with van der Waals surface area (Å²) in [6, 6.07) is 7.37. The number of anilines is 1. The van der Waals surface area contributed by atoms with Crippen LogP contribution >= 0.6 is 39.9 Å². The number of aliphatic imine (C=N–C) groups is 1. The summed E-state index contributed by atoms with van der Waals surface area (Å²) in [5.74, 6) is 0.0462. The van der Waals surface area contributed by atoms with Crippen molar-refractivity contribution in [2.75, 3.05) is 25.0 Å². The fraction of sp³-hybridized carbons (Fsp3) is 0.429. The van der Waals surface area contributed by atoms with Gasteiger partial charge in [-0.3, -0.25) is 4.79 Å². The highest BCUT2D eigenvalue weighted by Gasteiger charge is 2.14. The lowest BCUT2D eigenvalue weighted by atomic mass is 10.2. The van der Waals surface area contributed by atoms with Crippen molar-refractivity contribution < 1.29 is 9.53 Å². The van der Waals surface area contributed by atoms with E-state index in [0.717, 1.165) is 29.6 Å². The fourth-order valence-electron chi connectivity index (χ4n) is 2.00. The minimum Gasteiger partial charge on any atom is -0.376 e. The van der Waals surface area contributed by atoms with E-state index >= 15 is 0 Å². The van der Waals surface area contributed by atoms with Crippen LogP contribution in [0.15, 0.2) is 33.7 Å². The molecule has 1 aliphatic rings. The molecule has 0 radical (unpaired) electrons. The number of nitrogens with zero attached hydrogens (tertiary/aromatic N) is 1. The van der Waals surface area contributed by atoms with Gasteiger partial charge in [0.1, 0.15) is 6.54 Å². The second-order valence-corrected chi connectivity index (χ2v) is 5.69. The number of nitrogens with one attached hydrogen (secondary N) is 2. The Bertz CT molecular complexity index is 521. The molecule has 0 aromatic heterocycles. The van der Waals surface area contributed by atoms with Gasteiger partial charge >= 0.3 is 0 Å². The molecule has 1 amide bonds. The lowest BCUT2D eigenvalue weighted by molar-refractivity contribution is -0.114. The van der Waals surface area contributed by atoms with Crippen molar-refractivity contribution in [2.45, 2.75) is 18.9 Å². The molecular formula is C14H20BrIN4O2. The van der Waals surface area contributed by atoms with Gasteiger partial charge < -0.3 is 21.1 Å². The van der Waals surface area contributed by atoms with E-state index in [1.54, 1.807) is 0 Å². The Morgan fingerprint density at radius 1 is 1.50 bits per heavy atom. The molecule has 1 unspecified atom stereocenters. The molecule has 122 valence electrons. The van der Waals surface area contributed by atoms with Gasteiger partial charge in [-0.05, 0) is 31.0 Å². The van der Waals surface area contributed by atoms with Crippen LogP contribution in [0.25, 0.3) is 0 Å². The zero-order valence-electron chi connectivity index (χ0n) is 12.0. The van der Waals surface area contributed by atoms with Crippen LogP contribution in [0.4, 0.5) is 5.69 Å². The maximum atomic E-state index is 11.7. The SMILES string of the molecule is I.NC(=NCC(=O)Nc1cccc(Br)c1)NCC1CCCO1. The second-order valence-electron chi connectivity index (χ2n) is 4.78. The molecule has 1 saturated heterocycles. The standard InChI is InChI=1S/C14H19BrN4O2.HI/c15-10-3-1-4-11(7-10)19-13(20)9-18-14(16)17-8-12-5-2-6-21-12;/h1,3-4,7,12H,2,5-6,8-9H2,(H,19,20)(H3,16,17,18);1H. The molecular weight excluding hydrogens is 463 g/mol. The topological polar surface area (TPSA) is 88.7 Å². The van der Waals surface area contributed by atoms with Crippen molar-refractivity contribution in [3.05, 3.63) is 28.7 Å². The second kappa shape index (κ2) is 10.0. The first kappa shape index (κ1) is 19.2. The first-order valence-electron chi connectivity index (χ1n) is 6.84. The predicted octanol–water partition coefficient (Wildman–Crippen LogP) is 2.09. The van der Waals surface area contributed by atoms with Crippen molar-refractivity contribution >= 4 is 57.5 Å². The number of guanidine groups is 1. The van der Waals surface area contributed by atoms with E-state index in [0.29, 0.717) is 6.54 Å². The number of amides is 1. The van der Waals surface area contributed by atoms with Crippen LogP contribution in [0.3, 0.4) is 0 Å². The first-order chi connectivity index (χ1) is 10.1. The van der Waals surface area contributed by atoms with Gasteiger partial charge in [-0.1, -0.05) is 22.0 Å². The lowest BCUT2D eigenvalue weighted by Crippen LogP contribution is -2.37. The van der Waals surface area contributed by atoms with Crippen molar-refractivity contribution in [3.8, 4) is 0 Å². The third-order valence-electron chi connectivity index (χ3n) is 3.04. The summed E-state index contributed by atoms with van der Waals surface area (Å²) in [5, 5.41) is 5.72. The van der Waals surface area contributed by atoms with Crippen molar-refractivity contribution in [1.82, 2.24) is 5.32 Å². The molecule has 1 aromatic rings. The summed E-state index contributed by atoms with van der Waals surface area (Å²) < 4.78 is 6.37. The highest BCUT2D eigenvalue weighted by molar-refractivity contribution is 14.0. The highest BCUT2D eigenvalue weighted by atomic mass is 127. The van der Waals surface area contributed by atoms with Crippen LogP contribution < -0.4 is 16.4 Å². The lowest BCUT2D eigenvalue weighted by Gasteiger charge is -2.11. The molecule has 0 bridgehead atoms. The molecule has 1 aliphatic heterocycles. The van der Waals surface area contributed by atoms with Crippen LogP contribution in [-0.4, -0.2) is 37.7 Å². The van der Waals surface area contributed by atoms with E-state index in [-0.39, 0.29) is 48.5 Å². The average molecular weight is 483 g/mol. The molecule has 4 N–H and O–H groups in total. The maximum Gasteiger partial charge on any atom is 0.246 e. The molecule has 1 fully saturated rings. The number of halogens is 2. The van der Waals surface area contributed by atoms with Crippen LogP contribution in [0, 0.1) is 0 Å². The monoisotopic (exact) mass is 482 g/mol. The minimum atomic E-state index is -0.213. The Morgan fingerprint density at radius 3 is 3.00 bits per heavy atom. The summed E-state index contributed by atoms with van der Waals surface area (Å²) in [7, 11) is 0. The van der Waals surface area contributed by atoms with Crippen molar-refractivity contribution in [1.29, 1.82) is 0 Å². The van der Waals surface area contributed by atoms with E-state index < -0.39 is 0 Å². The van der Waals surface area contributed by atoms with Gasteiger partial charge in [0, 0.05) is 23.3 Å². The van der Waals surface area contributed by atoms with Crippen molar-refractivity contribution in [2.24, 2.45) is 10.7 Å². The van der Waals surface area contributed by atoms with Crippen LogP contribution in [0.1, 0.15) is 12.8 Å². The van der Waals surface area contributed by atoms with Gasteiger partial charge in [-0.15, -0.1) is 24.0 Å². The average Bonchev–Trinajstić information content (AvgIpc) is 2.96. The van der Waals surface area contributed by atoms with Gasteiger partial charge in [0.05, 0.1) is 6.10 Å². The molecule has 2 rings (SSSR count). The molecule has 8 heteroatoms. The normalized spacial score (nSPS) is 17.7. The van der Waals surface area contributed by atoms with Gasteiger partial charge in [-0.2, -0.15) is 0 Å². The van der Waals surface area contributed by atoms with Crippen molar-refractivity contribution in [3.63, 3.8) is 0 Å². The van der Waals surface area contributed by atoms with Gasteiger partial charge in [0.2, 0.25) is 5.91 Å². The number of carbonyl (C=O) groups is 1. The van der Waals surface area contributed by atoms with Crippen LogP contribution in [0.2, 0.25) is 0 Å². The Kier molecular flexibility index (Phi) is 8.72. The largest absolute Gasteiger partial charge is 0.376 e. The third-order valence-corrected chi connectivity index (χ3v) is 3.53. The number of hydrogen-bond donors (Lipinski definition) is 3. The summed E-state index contributed by atoms with van der Waals surface area (Å²) in [4.78, 5) is 15.8. The smallest absolute Gasteiger partial charge is 0.246 e. The Hall–Kier alpha value is -0.870. The molecule has 1 aromatic carbocycles. The molecule has 22 heavy (non-hydrogen) atoms. The Labute approximate surface area is 155 Å². The zero-order valence-corrected chi connectivity index (χ0v) is 16.0. The van der Waals surface area contributed by atoms with E-state index in [9.17, 15) is 4.79 Å². The molecule has 6 nitrogen and oxygen atoms in total.